The van der Waals surface area contributed by atoms with Crippen molar-refractivity contribution in [1.82, 2.24) is 20.5 Å². The molecule has 1 aromatic rings. The van der Waals surface area contributed by atoms with Gasteiger partial charge in [-0.3, -0.25) is 9.78 Å². The standard InChI is InChI=1S/C21H34N6O.HI/c1-26(2)20(28)16-24-21(25-18-5-3-4-6-18)23-15-17-9-13-27(14-10-17)19-7-11-22-12-8-19;/h7-8,11-12,17-18H,3-6,9-10,13-16H2,1-2H3,(H2,23,24,25);1H. The van der Waals surface area contributed by atoms with Gasteiger partial charge < -0.3 is 20.4 Å². The van der Waals surface area contributed by atoms with Crippen LogP contribution in [0.5, 0.6) is 0 Å². The summed E-state index contributed by atoms with van der Waals surface area (Å²) < 4.78 is 0. The predicted molar refractivity (Wildman–Crippen MR) is 129 cm³/mol. The summed E-state index contributed by atoms with van der Waals surface area (Å²) in [5.41, 5.74) is 1.26. The van der Waals surface area contributed by atoms with E-state index in [0.29, 0.717) is 12.0 Å². The molecule has 1 aromatic heterocycles. The molecule has 1 aliphatic heterocycles. The number of piperidine rings is 1. The summed E-state index contributed by atoms with van der Waals surface area (Å²) in [4.78, 5) is 24.6. The van der Waals surface area contributed by atoms with Crippen LogP contribution in [0.25, 0.3) is 0 Å². The van der Waals surface area contributed by atoms with Gasteiger partial charge in [-0.1, -0.05) is 12.8 Å². The van der Waals surface area contributed by atoms with Crippen LogP contribution in [0.4, 0.5) is 5.69 Å². The van der Waals surface area contributed by atoms with Gasteiger partial charge in [-0.15, -0.1) is 24.0 Å². The number of guanidine groups is 1. The van der Waals surface area contributed by atoms with Crippen LogP contribution in [0, 0.1) is 5.92 Å². The molecule has 1 saturated heterocycles. The Labute approximate surface area is 191 Å². The SMILES string of the molecule is CN(C)C(=O)CN=C(NCC1CCN(c2ccncc2)CC1)NC1CCCC1.I. The molecular formula is C21H35IN6O. The molecule has 29 heavy (non-hydrogen) atoms. The molecule has 3 rings (SSSR count). The van der Waals surface area contributed by atoms with Crippen molar-refractivity contribution in [2.24, 2.45) is 10.9 Å². The number of likely N-dealkylation sites (N-methyl/N-ethyl adjacent to an activating group) is 1. The molecule has 2 aliphatic rings. The first-order valence-corrected chi connectivity index (χ1v) is 10.5. The average Bonchev–Trinajstić information content (AvgIpc) is 3.24. The first-order valence-electron chi connectivity index (χ1n) is 10.5. The molecule has 0 spiro atoms. The van der Waals surface area contributed by atoms with E-state index in [1.54, 1.807) is 19.0 Å². The van der Waals surface area contributed by atoms with Gasteiger partial charge in [-0.2, -0.15) is 0 Å². The number of nitrogens with one attached hydrogen (secondary N) is 2. The van der Waals surface area contributed by atoms with Gasteiger partial charge in [0, 0.05) is 57.9 Å². The summed E-state index contributed by atoms with van der Waals surface area (Å²) in [6.45, 7) is 3.23. The van der Waals surface area contributed by atoms with Crippen molar-refractivity contribution in [3.8, 4) is 0 Å². The lowest BCUT2D eigenvalue weighted by Gasteiger charge is -2.34. The number of amides is 1. The molecule has 0 aromatic carbocycles. The normalized spacial score (nSPS) is 18.3. The highest BCUT2D eigenvalue weighted by molar-refractivity contribution is 14.0. The summed E-state index contributed by atoms with van der Waals surface area (Å²) >= 11 is 0. The monoisotopic (exact) mass is 514 g/mol. The van der Waals surface area contributed by atoms with E-state index >= 15 is 0 Å². The van der Waals surface area contributed by atoms with Crippen molar-refractivity contribution in [3.63, 3.8) is 0 Å². The lowest BCUT2D eigenvalue weighted by atomic mass is 9.96. The van der Waals surface area contributed by atoms with Gasteiger partial charge in [0.2, 0.25) is 5.91 Å². The van der Waals surface area contributed by atoms with E-state index < -0.39 is 0 Å². The topological polar surface area (TPSA) is 72.9 Å². The highest BCUT2D eigenvalue weighted by Gasteiger charge is 2.21. The Hall–Kier alpha value is -1.58. The minimum Gasteiger partial charge on any atom is -0.371 e. The maximum atomic E-state index is 11.9. The van der Waals surface area contributed by atoms with Crippen LogP contribution < -0.4 is 15.5 Å². The number of rotatable bonds is 6. The largest absolute Gasteiger partial charge is 0.371 e. The highest BCUT2D eigenvalue weighted by Crippen LogP contribution is 2.22. The molecule has 162 valence electrons. The minimum absolute atomic E-state index is 0. The van der Waals surface area contributed by atoms with Gasteiger partial charge in [0.25, 0.3) is 0 Å². The van der Waals surface area contributed by atoms with Crippen molar-refractivity contribution in [2.45, 2.75) is 44.6 Å². The number of aliphatic imine (C=N–C) groups is 1. The van der Waals surface area contributed by atoms with Gasteiger partial charge in [-0.05, 0) is 43.7 Å². The van der Waals surface area contributed by atoms with E-state index in [-0.39, 0.29) is 36.4 Å². The summed E-state index contributed by atoms with van der Waals surface area (Å²) in [5.74, 6) is 1.44. The van der Waals surface area contributed by atoms with Crippen molar-refractivity contribution >= 4 is 41.5 Å². The molecule has 0 atom stereocenters. The first-order chi connectivity index (χ1) is 13.6. The summed E-state index contributed by atoms with van der Waals surface area (Å²) in [5, 5.41) is 7.04. The van der Waals surface area contributed by atoms with Crippen LogP contribution >= 0.6 is 24.0 Å². The first kappa shape index (κ1) is 23.7. The van der Waals surface area contributed by atoms with Gasteiger partial charge in [0.05, 0.1) is 0 Å². The van der Waals surface area contributed by atoms with Crippen molar-refractivity contribution in [1.29, 1.82) is 0 Å². The van der Waals surface area contributed by atoms with Crippen LogP contribution in [-0.4, -0.2) is 68.1 Å². The molecule has 7 nitrogen and oxygen atoms in total. The molecule has 2 fully saturated rings. The molecule has 0 bridgehead atoms. The van der Waals surface area contributed by atoms with Crippen molar-refractivity contribution < 1.29 is 4.79 Å². The third kappa shape index (κ3) is 7.64. The number of carbonyl (C=O) groups is 1. The lowest BCUT2D eigenvalue weighted by molar-refractivity contribution is -0.127. The Kier molecular flexibility index (Phi) is 9.96. The van der Waals surface area contributed by atoms with Crippen LogP contribution in [0.2, 0.25) is 0 Å². The highest BCUT2D eigenvalue weighted by atomic mass is 127. The van der Waals surface area contributed by atoms with Crippen molar-refractivity contribution in [3.05, 3.63) is 24.5 Å². The van der Waals surface area contributed by atoms with Crippen molar-refractivity contribution in [2.75, 3.05) is 45.2 Å². The molecule has 1 amide bonds. The van der Waals surface area contributed by atoms with E-state index in [0.717, 1.165) is 38.4 Å². The number of carbonyl (C=O) groups excluding carboxylic acids is 1. The second-order valence-corrected chi connectivity index (χ2v) is 8.10. The molecule has 2 N–H and O–H groups in total. The number of anilines is 1. The Bertz CT molecular complexity index is 640. The Morgan fingerprint density at radius 1 is 1.17 bits per heavy atom. The molecule has 1 aliphatic carbocycles. The molecule has 0 unspecified atom stereocenters. The maximum Gasteiger partial charge on any atom is 0.243 e. The second-order valence-electron chi connectivity index (χ2n) is 8.10. The van der Waals surface area contributed by atoms with E-state index in [9.17, 15) is 4.79 Å². The molecule has 2 heterocycles. The zero-order valence-corrected chi connectivity index (χ0v) is 20.0. The fourth-order valence-electron chi connectivity index (χ4n) is 3.90. The van der Waals surface area contributed by atoms with E-state index in [2.05, 4.69) is 37.6 Å². The van der Waals surface area contributed by atoms with Gasteiger partial charge >= 0.3 is 0 Å². The summed E-state index contributed by atoms with van der Waals surface area (Å²) in [7, 11) is 3.54. The van der Waals surface area contributed by atoms with E-state index in [4.69, 9.17) is 0 Å². The zero-order chi connectivity index (χ0) is 19.8. The van der Waals surface area contributed by atoms with Crippen LogP contribution in [-0.2, 0) is 4.79 Å². The molecule has 8 heteroatoms. The third-order valence-electron chi connectivity index (χ3n) is 5.77. The second kappa shape index (κ2) is 12.2. The number of hydrogen-bond acceptors (Lipinski definition) is 4. The number of pyridine rings is 1. The van der Waals surface area contributed by atoms with Gasteiger partial charge in [0.15, 0.2) is 5.96 Å². The van der Waals surface area contributed by atoms with E-state index in [1.807, 2.05) is 12.4 Å². The molecule has 0 radical (unpaired) electrons. The quantitative estimate of drug-likeness (QED) is 0.347. The number of halogens is 1. The molecule has 1 saturated carbocycles. The predicted octanol–water partition coefficient (Wildman–Crippen LogP) is 2.48. The number of hydrogen-bond donors (Lipinski definition) is 2. The Morgan fingerprint density at radius 3 is 2.45 bits per heavy atom. The third-order valence-corrected chi connectivity index (χ3v) is 5.77. The van der Waals surface area contributed by atoms with E-state index in [1.165, 1.54) is 31.4 Å². The minimum atomic E-state index is 0. The van der Waals surface area contributed by atoms with Crippen LogP contribution in [0.15, 0.2) is 29.5 Å². The van der Waals surface area contributed by atoms with Crippen LogP contribution in [0.1, 0.15) is 38.5 Å². The summed E-state index contributed by atoms with van der Waals surface area (Å²) in [6, 6.07) is 4.64. The molecular weight excluding hydrogens is 479 g/mol. The van der Waals surface area contributed by atoms with Crippen LogP contribution in [0.3, 0.4) is 0 Å². The van der Waals surface area contributed by atoms with Gasteiger partial charge in [0.1, 0.15) is 6.54 Å². The average molecular weight is 514 g/mol. The number of nitrogens with zero attached hydrogens (tertiary/aromatic N) is 4. The number of aromatic nitrogens is 1. The lowest BCUT2D eigenvalue weighted by Crippen LogP contribution is -2.46. The van der Waals surface area contributed by atoms with Gasteiger partial charge in [-0.25, -0.2) is 4.99 Å². The fourth-order valence-corrected chi connectivity index (χ4v) is 3.90. The smallest absolute Gasteiger partial charge is 0.243 e. The maximum absolute atomic E-state index is 11.9. The Morgan fingerprint density at radius 2 is 1.83 bits per heavy atom. The zero-order valence-electron chi connectivity index (χ0n) is 17.6. The Balaban J connectivity index is 0.00000300. The fraction of sp³-hybridized carbons (Fsp3) is 0.667. The summed E-state index contributed by atoms with van der Waals surface area (Å²) in [6.07, 6.45) is 10.9.